The Labute approximate surface area is 89.9 Å². The summed E-state index contributed by atoms with van der Waals surface area (Å²) in [5, 5.41) is 20.3. The van der Waals surface area contributed by atoms with E-state index in [-0.39, 0.29) is 11.4 Å². The molecule has 0 N–H and O–H groups in total. The van der Waals surface area contributed by atoms with E-state index in [1.165, 1.54) is 17.7 Å². The predicted molar refractivity (Wildman–Crippen MR) is 52.9 cm³/mol. The molecule has 0 unspecified atom stereocenters. The molecule has 0 radical (unpaired) electrons. The molecule has 0 amide bonds. The van der Waals surface area contributed by atoms with E-state index in [2.05, 4.69) is 9.97 Å². The lowest BCUT2D eigenvalue weighted by Crippen LogP contribution is -2.00. The normalized spacial score (nSPS) is 9.47. The van der Waals surface area contributed by atoms with Crippen molar-refractivity contribution in [3.05, 3.63) is 34.3 Å². The standard InChI is InChI=1S/C9H5N5S/c10-3-7-8(4-11)14(6-13-7)5-9-12-1-2-15-9/h1-2,6H,5H2. The molecule has 0 aliphatic rings. The first-order valence-electron chi connectivity index (χ1n) is 4.09. The fourth-order valence-electron chi connectivity index (χ4n) is 1.18. The number of rotatable bonds is 2. The van der Waals surface area contributed by atoms with Crippen LogP contribution in [0.5, 0.6) is 0 Å². The Morgan fingerprint density at radius 2 is 2.20 bits per heavy atom. The first-order valence-corrected chi connectivity index (χ1v) is 4.97. The van der Waals surface area contributed by atoms with Crippen LogP contribution in [-0.2, 0) is 6.54 Å². The molecule has 0 atom stereocenters. The first-order chi connectivity index (χ1) is 7.35. The van der Waals surface area contributed by atoms with Crippen molar-refractivity contribution in [3.63, 3.8) is 0 Å². The van der Waals surface area contributed by atoms with E-state index in [0.717, 1.165) is 5.01 Å². The molecule has 15 heavy (non-hydrogen) atoms. The molecule has 6 heteroatoms. The van der Waals surface area contributed by atoms with Crippen LogP contribution in [0.3, 0.4) is 0 Å². The van der Waals surface area contributed by atoms with Gasteiger partial charge in [-0.2, -0.15) is 10.5 Å². The highest BCUT2D eigenvalue weighted by molar-refractivity contribution is 7.09. The molecule has 2 rings (SSSR count). The monoisotopic (exact) mass is 215 g/mol. The van der Waals surface area contributed by atoms with Gasteiger partial charge in [0.15, 0.2) is 11.4 Å². The Morgan fingerprint density at radius 3 is 2.80 bits per heavy atom. The van der Waals surface area contributed by atoms with Gasteiger partial charge in [0.1, 0.15) is 17.1 Å². The van der Waals surface area contributed by atoms with Crippen molar-refractivity contribution in [2.45, 2.75) is 6.54 Å². The van der Waals surface area contributed by atoms with Gasteiger partial charge in [-0.3, -0.25) is 0 Å². The Balaban J connectivity index is 2.35. The van der Waals surface area contributed by atoms with Crippen LogP contribution < -0.4 is 0 Å². The van der Waals surface area contributed by atoms with Crippen molar-refractivity contribution < 1.29 is 0 Å². The maximum Gasteiger partial charge on any atom is 0.176 e. The minimum Gasteiger partial charge on any atom is -0.314 e. The minimum atomic E-state index is 0.161. The number of nitrogens with zero attached hydrogens (tertiary/aromatic N) is 5. The van der Waals surface area contributed by atoms with Gasteiger partial charge in [0.2, 0.25) is 0 Å². The third kappa shape index (κ3) is 1.71. The molecule has 72 valence electrons. The first kappa shape index (κ1) is 9.38. The highest BCUT2D eigenvalue weighted by Gasteiger charge is 2.10. The van der Waals surface area contributed by atoms with Crippen LogP contribution in [0.25, 0.3) is 0 Å². The molecule has 2 aromatic rings. The number of hydrogen-bond donors (Lipinski definition) is 0. The second-order valence-corrected chi connectivity index (χ2v) is 3.70. The van der Waals surface area contributed by atoms with Gasteiger partial charge in [-0.1, -0.05) is 0 Å². The summed E-state index contributed by atoms with van der Waals surface area (Å²) in [5.41, 5.74) is 0.446. The lowest BCUT2D eigenvalue weighted by molar-refractivity contribution is 0.779. The SMILES string of the molecule is N#Cc1ncn(Cc2nccs2)c1C#N. The van der Waals surface area contributed by atoms with E-state index >= 15 is 0 Å². The van der Waals surface area contributed by atoms with E-state index in [4.69, 9.17) is 10.5 Å². The zero-order chi connectivity index (χ0) is 10.7. The van der Waals surface area contributed by atoms with Gasteiger partial charge in [0, 0.05) is 11.6 Å². The smallest absolute Gasteiger partial charge is 0.176 e. The summed E-state index contributed by atoms with van der Waals surface area (Å²) < 4.78 is 1.62. The predicted octanol–water partition coefficient (Wildman–Crippen LogP) is 1.13. The van der Waals surface area contributed by atoms with E-state index < -0.39 is 0 Å². The van der Waals surface area contributed by atoms with Gasteiger partial charge in [0.25, 0.3) is 0 Å². The molecule has 2 aromatic heterocycles. The second-order valence-electron chi connectivity index (χ2n) is 2.72. The largest absolute Gasteiger partial charge is 0.314 e. The average Bonchev–Trinajstić information content (AvgIpc) is 2.87. The van der Waals surface area contributed by atoms with Gasteiger partial charge < -0.3 is 4.57 Å². The van der Waals surface area contributed by atoms with Gasteiger partial charge in [0.05, 0.1) is 12.9 Å². The lowest BCUT2D eigenvalue weighted by atomic mass is 10.3. The van der Waals surface area contributed by atoms with Crippen molar-refractivity contribution >= 4 is 11.3 Å². The number of imidazole rings is 1. The molecule has 2 heterocycles. The molecule has 0 bridgehead atoms. The van der Waals surface area contributed by atoms with E-state index in [0.29, 0.717) is 6.54 Å². The highest BCUT2D eigenvalue weighted by Crippen LogP contribution is 2.10. The van der Waals surface area contributed by atoms with Gasteiger partial charge in [-0.05, 0) is 0 Å². The van der Waals surface area contributed by atoms with Crippen molar-refractivity contribution in [2.75, 3.05) is 0 Å². The number of thiazole rings is 1. The van der Waals surface area contributed by atoms with Crippen LogP contribution in [0, 0.1) is 22.7 Å². The molecule has 0 aliphatic carbocycles. The van der Waals surface area contributed by atoms with Crippen LogP contribution in [0.2, 0.25) is 0 Å². The Bertz CT molecular complexity index is 540. The summed E-state index contributed by atoms with van der Waals surface area (Å²) in [5.74, 6) is 0. The third-order valence-corrected chi connectivity index (χ3v) is 2.60. The van der Waals surface area contributed by atoms with Crippen LogP contribution in [-0.4, -0.2) is 14.5 Å². The molecule has 0 aromatic carbocycles. The van der Waals surface area contributed by atoms with Crippen LogP contribution in [0.1, 0.15) is 16.4 Å². The summed E-state index contributed by atoms with van der Waals surface area (Å²) in [6.07, 6.45) is 3.19. The molecule has 5 nitrogen and oxygen atoms in total. The molecule has 0 aliphatic heterocycles. The average molecular weight is 215 g/mol. The topological polar surface area (TPSA) is 78.3 Å². The number of hydrogen-bond acceptors (Lipinski definition) is 5. The Kier molecular flexibility index (Phi) is 2.44. The fourth-order valence-corrected chi connectivity index (χ4v) is 1.79. The van der Waals surface area contributed by atoms with Crippen LogP contribution >= 0.6 is 11.3 Å². The molecular weight excluding hydrogens is 210 g/mol. The van der Waals surface area contributed by atoms with Gasteiger partial charge in [-0.15, -0.1) is 11.3 Å². The highest BCUT2D eigenvalue weighted by atomic mass is 32.1. The van der Waals surface area contributed by atoms with Crippen molar-refractivity contribution in [1.29, 1.82) is 10.5 Å². The van der Waals surface area contributed by atoms with Crippen molar-refractivity contribution in [3.8, 4) is 12.1 Å². The maximum atomic E-state index is 8.87. The molecule has 0 spiro atoms. The second kappa shape index (κ2) is 3.91. The molecular formula is C9H5N5S. The Hall–Kier alpha value is -2.18. The minimum absolute atomic E-state index is 0.161. The summed E-state index contributed by atoms with van der Waals surface area (Å²) in [4.78, 5) is 7.94. The Morgan fingerprint density at radius 1 is 1.33 bits per heavy atom. The fraction of sp³-hybridized carbons (Fsp3) is 0.111. The van der Waals surface area contributed by atoms with E-state index in [9.17, 15) is 0 Å². The van der Waals surface area contributed by atoms with E-state index in [1.54, 1.807) is 10.8 Å². The molecule has 0 saturated heterocycles. The van der Waals surface area contributed by atoms with Crippen molar-refractivity contribution in [1.82, 2.24) is 14.5 Å². The van der Waals surface area contributed by atoms with Crippen molar-refractivity contribution in [2.24, 2.45) is 0 Å². The maximum absolute atomic E-state index is 8.87. The summed E-state index contributed by atoms with van der Waals surface area (Å²) in [6.45, 7) is 0.481. The van der Waals surface area contributed by atoms with Gasteiger partial charge in [-0.25, -0.2) is 9.97 Å². The zero-order valence-electron chi connectivity index (χ0n) is 7.58. The van der Waals surface area contributed by atoms with Crippen LogP contribution in [0.4, 0.5) is 0 Å². The van der Waals surface area contributed by atoms with E-state index in [1.807, 2.05) is 17.5 Å². The molecule has 0 saturated carbocycles. The summed E-state index contributed by atoms with van der Waals surface area (Å²) in [7, 11) is 0. The quantitative estimate of drug-likeness (QED) is 0.752. The number of nitriles is 2. The lowest BCUT2D eigenvalue weighted by Gasteiger charge is -1.98. The zero-order valence-corrected chi connectivity index (χ0v) is 8.40. The van der Waals surface area contributed by atoms with Gasteiger partial charge >= 0.3 is 0 Å². The molecule has 0 fully saturated rings. The summed E-state index contributed by atoms with van der Waals surface area (Å²) >= 11 is 1.50. The summed E-state index contributed by atoms with van der Waals surface area (Å²) in [6, 6.07) is 3.84. The third-order valence-electron chi connectivity index (χ3n) is 1.84. The number of aromatic nitrogens is 3. The van der Waals surface area contributed by atoms with Crippen LogP contribution in [0.15, 0.2) is 17.9 Å².